The monoisotopic (exact) mass is 398 g/mol. The minimum atomic E-state index is -0.125. The first-order valence-electron chi connectivity index (χ1n) is 8.96. The summed E-state index contributed by atoms with van der Waals surface area (Å²) in [5, 5.41) is 9.96. The number of nitrogens with zero attached hydrogens (tertiary/aromatic N) is 1. The van der Waals surface area contributed by atoms with Crippen molar-refractivity contribution in [3.8, 4) is 22.1 Å². The summed E-state index contributed by atoms with van der Waals surface area (Å²) in [5.74, 6) is 1.86. The Kier molecular flexibility index (Phi) is 4.33. The normalized spacial score (nSPS) is 16.7. The van der Waals surface area contributed by atoms with Crippen molar-refractivity contribution in [2.75, 3.05) is 13.2 Å². The molecule has 0 spiro atoms. The van der Waals surface area contributed by atoms with Gasteiger partial charge in [0.25, 0.3) is 5.91 Å². The van der Waals surface area contributed by atoms with Crippen molar-refractivity contribution in [3.05, 3.63) is 51.7 Å². The largest absolute Gasteiger partial charge is 0.486 e. The number of benzene rings is 1. The highest BCUT2D eigenvalue weighted by Crippen LogP contribution is 2.43. The Morgan fingerprint density at radius 2 is 2.00 bits per heavy atom. The van der Waals surface area contributed by atoms with Gasteiger partial charge in [0.05, 0.1) is 6.04 Å². The predicted octanol–water partition coefficient (Wildman–Crippen LogP) is 4.52. The number of hydrogen-bond donors (Lipinski definition) is 1. The van der Waals surface area contributed by atoms with Crippen LogP contribution in [0, 0.1) is 5.92 Å². The molecule has 0 saturated heterocycles. The minimum Gasteiger partial charge on any atom is -0.486 e. The number of fused-ring (bicyclic) bond motifs is 1. The smallest absolute Gasteiger partial charge is 0.271 e. The highest BCUT2D eigenvalue weighted by atomic mass is 32.1. The maximum absolute atomic E-state index is 12.8. The summed E-state index contributed by atoms with van der Waals surface area (Å²) in [6, 6.07) is 7.94. The van der Waals surface area contributed by atoms with E-state index in [1.54, 1.807) is 11.3 Å². The molecule has 1 aliphatic carbocycles. The lowest BCUT2D eigenvalue weighted by Gasteiger charge is -2.22. The van der Waals surface area contributed by atoms with E-state index >= 15 is 0 Å². The van der Waals surface area contributed by atoms with E-state index < -0.39 is 0 Å². The molecule has 27 heavy (non-hydrogen) atoms. The van der Waals surface area contributed by atoms with Crippen molar-refractivity contribution < 1.29 is 14.3 Å². The first-order chi connectivity index (χ1) is 13.3. The molecular formula is C20H18N2O3S2. The molecule has 1 fully saturated rings. The fourth-order valence-corrected chi connectivity index (χ4v) is 4.78. The van der Waals surface area contributed by atoms with Gasteiger partial charge in [-0.2, -0.15) is 11.3 Å². The van der Waals surface area contributed by atoms with E-state index in [1.165, 1.54) is 11.3 Å². The van der Waals surface area contributed by atoms with Crippen LogP contribution in [0.4, 0.5) is 0 Å². The van der Waals surface area contributed by atoms with Gasteiger partial charge >= 0.3 is 0 Å². The molecule has 1 aromatic carbocycles. The second kappa shape index (κ2) is 6.98. The summed E-state index contributed by atoms with van der Waals surface area (Å²) in [5.41, 5.74) is 2.60. The molecule has 7 heteroatoms. The Balaban J connectivity index is 1.36. The molecule has 1 aliphatic heterocycles. The Labute approximate surface area is 165 Å². The molecule has 1 atom stereocenters. The Hall–Kier alpha value is -2.38. The molecular weight excluding hydrogens is 380 g/mol. The molecule has 0 radical (unpaired) electrons. The summed E-state index contributed by atoms with van der Waals surface area (Å²) in [7, 11) is 0. The maximum atomic E-state index is 12.8. The van der Waals surface area contributed by atoms with Crippen molar-refractivity contribution in [3.63, 3.8) is 0 Å². The molecule has 3 heterocycles. The van der Waals surface area contributed by atoms with Crippen LogP contribution >= 0.6 is 22.7 Å². The predicted molar refractivity (Wildman–Crippen MR) is 106 cm³/mol. The summed E-state index contributed by atoms with van der Waals surface area (Å²) in [4.78, 5) is 17.3. The summed E-state index contributed by atoms with van der Waals surface area (Å²) >= 11 is 3.13. The van der Waals surface area contributed by atoms with Gasteiger partial charge in [0.2, 0.25) is 0 Å². The molecule has 1 unspecified atom stereocenters. The number of thiazole rings is 1. The molecule has 2 aliphatic rings. The van der Waals surface area contributed by atoms with Crippen molar-refractivity contribution in [1.82, 2.24) is 10.3 Å². The highest BCUT2D eigenvalue weighted by Gasteiger charge is 2.34. The lowest BCUT2D eigenvalue weighted by Crippen LogP contribution is -2.30. The molecule has 1 N–H and O–H groups in total. The number of thiophene rings is 1. The zero-order chi connectivity index (χ0) is 18.2. The first kappa shape index (κ1) is 16.8. The van der Waals surface area contributed by atoms with Gasteiger partial charge in [0.15, 0.2) is 11.5 Å². The van der Waals surface area contributed by atoms with Gasteiger partial charge in [-0.15, -0.1) is 11.3 Å². The average Bonchev–Trinajstić information content (AvgIpc) is 3.19. The van der Waals surface area contributed by atoms with Crippen LogP contribution in [0.25, 0.3) is 10.6 Å². The third-order valence-electron chi connectivity index (χ3n) is 4.81. The summed E-state index contributed by atoms with van der Waals surface area (Å²) < 4.78 is 11.3. The zero-order valence-corrected chi connectivity index (χ0v) is 16.1. The van der Waals surface area contributed by atoms with Crippen LogP contribution < -0.4 is 14.8 Å². The van der Waals surface area contributed by atoms with Crippen molar-refractivity contribution in [2.45, 2.75) is 18.9 Å². The number of nitrogens with one attached hydrogen (secondary N) is 1. The maximum Gasteiger partial charge on any atom is 0.271 e. The van der Waals surface area contributed by atoms with Crippen molar-refractivity contribution >= 4 is 28.6 Å². The number of carbonyl (C=O) groups excluding carboxylic acids is 1. The minimum absolute atomic E-state index is 0.0281. The van der Waals surface area contributed by atoms with Crippen LogP contribution in [0.1, 0.15) is 34.9 Å². The molecule has 5 rings (SSSR count). The van der Waals surface area contributed by atoms with Gasteiger partial charge in [-0.25, -0.2) is 4.98 Å². The van der Waals surface area contributed by atoms with E-state index in [4.69, 9.17) is 9.47 Å². The van der Waals surface area contributed by atoms with Gasteiger partial charge in [-0.1, -0.05) is 6.07 Å². The number of aromatic nitrogens is 1. The molecule has 5 nitrogen and oxygen atoms in total. The van der Waals surface area contributed by atoms with Crippen LogP contribution in [0.5, 0.6) is 11.5 Å². The number of hydrogen-bond acceptors (Lipinski definition) is 6. The van der Waals surface area contributed by atoms with Crippen molar-refractivity contribution in [1.29, 1.82) is 0 Å². The van der Waals surface area contributed by atoms with Crippen LogP contribution in [0.3, 0.4) is 0 Å². The second-order valence-electron chi connectivity index (χ2n) is 6.74. The third-order valence-corrected chi connectivity index (χ3v) is 6.38. The van der Waals surface area contributed by atoms with E-state index in [9.17, 15) is 4.79 Å². The van der Waals surface area contributed by atoms with Crippen LogP contribution in [0.15, 0.2) is 40.4 Å². The van der Waals surface area contributed by atoms with Gasteiger partial charge < -0.3 is 14.8 Å². The fraction of sp³-hybridized carbons (Fsp3) is 0.300. The number of carbonyl (C=O) groups is 1. The third kappa shape index (κ3) is 3.44. The van der Waals surface area contributed by atoms with E-state index in [0.717, 1.165) is 40.5 Å². The molecule has 1 saturated carbocycles. The van der Waals surface area contributed by atoms with E-state index in [2.05, 4.69) is 10.3 Å². The van der Waals surface area contributed by atoms with E-state index in [-0.39, 0.29) is 11.9 Å². The number of amides is 1. The van der Waals surface area contributed by atoms with E-state index in [0.29, 0.717) is 24.8 Å². The van der Waals surface area contributed by atoms with E-state index in [1.807, 2.05) is 40.4 Å². The second-order valence-corrected chi connectivity index (χ2v) is 8.38. The van der Waals surface area contributed by atoms with Gasteiger partial charge in [0, 0.05) is 16.3 Å². The molecule has 2 aromatic heterocycles. The SMILES string of the molecule is O=C(NC(c1ccc2c(c1)OCCO2)C1CC1)c1csc(-c2ccsc2)n1. The molecule has 3 aromatic rings. The highest BCUT2D eigenvalue weighted by molar-refractivity contribution is 7.14. The topological polar surface area (TPSA) is 60.5 Å². The van der Waals surface area contributed by atoms with Crippen LogP contribution in [-0.2, 0) is 0 Å². The first-order valence-corrected chi connectivity index (χ1v) is 10.8. The van der Waals surface area contributed by atoms with Crippen LogP contribution in [0.2, 0.25) is 0 Å². The quantitative estimate of drug-likeness (QED) is 0.686. The zero-order valence-electron chi connectivity index (χ0n) is 14.5. The Morgan fingerprint density at radius 1 is 1.15 bits per heavy atom. The Morgan fingerprint density at radius 3 is 2.78 bits per heavy atom. The van der Waals surface area contributed by atoms with Gasteiger partial charge in [0.1, 0.15) is 23.9 Å². The fourth-order valence-electron chi connectivity index (χ4n) is 3.27. The van der Waals surface area contributed by atoms with Crippen LogP contribution in [-0.4, -0.2) is 24.1 Å². The molecule has 1 amide bonds. The van der Waals surface area contributed by atoms with Gasteiger partial charge in [-0.3, -0.25) is 4.79 Å². The summed E-state index contributed by atoms with van der Waals surface area (Å²) in [6.45, 7) is 1.13. The lowest BCUT2D eigenvalue weighted by atomic mass is 10.0. The molecule has 138 valence electrons. The lowest BCUT2D eigenvalue weighted by molar-refractivity contribution is 0.0927. The molecule has 0 bridgehead atoms. The summed E-state index contributed by atoms with van der Waals surface area (Å²) in [6.07, 6.45) is 2.24. The average molecular weight is 399 g/mol. The Bertz CT molecular complexity index is 964. The van der Waals surface area contributed by atoms with Gasteiger partial charge in [-0.05, 0) is 47.9 Å². The number of rotatable bonds is 5. The number of ether oxygens (including phenoxy) is 2. The standard InChI is InChI=1S/C20H18N2O3S2/c23-19(15-11-27-20(21-15)14-5-8-26-10-14)22-18(12-1-2-12)13-3-4-16-17(9-13)25-7-6-24-16/h3-5,8-12,18H,1-2,6-7H2,(H,22,23). The van der Waals surface area contributed by atoms with Crippen molar-refractivity contribution in [2.24, 2.45) is 5.92 Å².